The van der Waals surface area contributed by atoms with E-state index in [1.807, 2.05) is 65.2 Å². The Bertz CT molecular complexity index is 1400. The third-order valence-corrected chi connectivity index (χ3v) is 5.81. The molecule has 0 spiro atoms. The molecule has 0 saturated heterocycles. The summed E-state index contributed by atoms with van der Waals surface area (Å²) < 4.78 is 7.20. The van der Waals surface area contributed by atoms with Gasteiger partial charge >= 0.3 is 0 Å². The Morgan fingerprint density at radius 3 is 1.91 bits per heavy atom. The number of carbonyl (C=O) groups excluding carboxylic acids is 1. The summed E-state index contributed by atoms with van der Waals surface area (Å²) in [5, 5.41) is 1.05. The minimum absolute atomic E-state index is 0.0167. The number of aromatic nitrogens is 1. The van der Waals surface area contributed by atoms with Gasteiger partial charge < -0.3 is 4.74 Å². The maximum atomic E-state index is 13.1. The third kappa shape index (κ3) is 3.28. The summed E-state index contributed by atoms with van der Waals surface area (Å²) >= 11 is 0. The lowest BCUT2D eigenvalue weighted by atomic mass is 9.96. The van der Waals surface area contributed by atoms with E-state index in [-0.39, 0.29) is 5.91 Å². The minimum atomic E-state index is -0.0167. The van der Waals surface area contributed by atoms with E-state index in [2.05, 4.69) is 42.5 Å². The Balaban J connectivity index is 1.93. The fourth-order valence-corrected chi connectivity index (χ4v) is 4.42. The second-order valence-electron chi connectivity index (χ2n) is 7.74. The van der Waals surface area contributed by atoms with Crippen molar-refractivity contribution in [3.63, 3.8) is 0 Å². The second-order valence-corrected chi connectivity index (χ2v) is 7.74. The Labute approximate surface area is 187 Å². The first-order chi connectivity index (χ1) is 15.7. The molecule has 1 heterocycles. The summed E-state index contributed by atoms with van der Waals surface area (Å²) in [4.78, 5) is 13.1. The molecule has 5 rings (SSSR count). The summed E-state index contributed by atoms with van der Waals surface area (Å²) in [6.07, 6.45) is 0. The average molecular weight is 418 g/mol. The largest absolute Gasteiger partial charge is 0.497 e. The number of ether oxygens (including phenoxy) is 1. The van der Waals surface area contributed by atoms with Crippen LogP contribution in [0.25, 0.3) is 44.4 Å². The van der Waals surface area contributed by atoms with E-state index in [0.717, 1.165) is 50.2 Å². The lowest BCUT2D eigenvalue weighted by molar-refractivity contribution is 0.0943. The predicted molar refractivity (Wildman–Crippen MR) is 131 cm³/mol. The molecular formula is C29H23NO2. The van der Waals surface area contributed by atoms with E-state index in [1.165, 1.54) is 0 Å². The first kappa shape index (κ1) is 19.8. The van der Waals surface area contributed by atoms with Crippen molar-refractivity contribution in [1.29, 1.82) is 0 Å². The number of hydrogen-bond donors (Lipinski definition) is 0. The first-order valence-electron chi connectivity index (χ1n) is 10.6. The molecule has 0 unspecified atom stereocenters. The lowest BCUT2D eigenvalue weighted by Crippen LogP contribution is -2.08. The van der Waals surface area contributed by atoms with Crippen molar-refractivity contribution in [3.05, 3.63) is 103 Å². The highest BCUT2D eigenvalue weighted by molar-refractivity contribution is 6.13. The Morgan fingerprint density at radius 2 is 1.31 bits per heavy atom. The van der Waals surface area contributed by atoms with Gasteiger partial charge in [-0.2, -0.15) is 0 Å². The lowest BCUT2D eigenvalue weighted by Gasteiger charge is -2.11. The zero-order valence-electron chi connectivity index (χ0n) is 18.1. The van der Waals surface area contributed by atoms with Crippen LogP contribution in [0.15, 0.2) is 103 Å². The summed E-state index contributed by atoms with van der Waals surface area (Å²) in [5.74, 6) is 0.787. The molecule has 3 nitrogen and oxygen atoms in total. The molecular weight excluding hydrogens is 394 g/mol. The normalized spacial score (nSPS) is 10.9. The van der Waals surface area contributed by atoms with E-state index in [4.69, 9.17) is 4.74 Å². The van der Waals surface area contributed by atoms with E-state index >= 15 is 0 Å². The summed E-state index contributed by atoms with van der Waals surface area (Å²) in [5.41, 5.74) is 7.05. The van der Waals surface area contributed by atoms with Crippen LogP contribution in [-0.4, -0.2) is 17.6 Å². The smallest absolute Gasteiger partial charge is 0.228 e. The number of hydrogen-bond acceptors (Lipinski definition) is 2. The molecule has 0 aliphatic heterocycles. The maximum absolute atomic E-state index is 13.1. The number of carbonyl (C=O) groups is 1. The zero-order chi connectivity index (χ0) is 22.1. The molecule has 4 aromatic carbocycles. The average Bonchev–Trinajstić information content (AvgIpc) is 3.21. The van der Waals surface area contributed by atoms with Gasteiger partial charge in [-0.25, -0.2) is 0 Å². The second kappa shape index (κ2) is 8.20. The van der Waals surface area contributed by atoms with Crippen LogP contribution in [-0.2, 0) is 0 Å². The summed E-state index contributed by atoms with van der Waals surface area (Å²) in [7, 11) is 1.66. The van der Waals surface area contributed by atoms with Crippen LogP contribution in [0.2, 0.25) is 0 Å². The number of rotatable bonds is 4. The third-order valence-electron chi connectivity index (χ3n) is 5.81. The highest BCUT2D eigenvalue weighted by Gasteiger charge is 2.24. The van der Waals surface area contributed by atoms with Gasteiger partial charge in [0, 0.05) is 23.4 Å². The van der Waals surface area contributed by atoms with Gasteiger partial charge in [0.15, 0.2) is 0 Å². The standard InChI is InChI=1S/C29H23NO2/c1-20(31)30-28(23-12-7-4-8-13-23)27(22-10-5-3-6-11-22)26-15-9-14-25(29(26)30)21-16-18-24(32-2)19-17-21/h3-19H,1-2H3. The number of nitrogens with zero attached hydrogens (tertiary/aromatic N) is 1. The number of methoxy groups -OCH3 is 1. The van der Waals surface area contributed by atoms with Crippen LogP contribution in [0.4, 0.5) is 0 Å². The fourth-order valence-electron chi connectivity index (χ4n) is 4.42. The van der Waals surface area contributed by atoms with Crippen LogP contribution in [0.1, 0.15) is 11.7 Å². The van der Waals surface area contributed by atoms with Gasteiger partial charge in [-0.3, -0.25) is 9.36 Å². The Hall–Kier alpha value is -4.11. The number of para-hydroxylation sites is 1. The Kier molecular flexibility index (Phi) is 5.08. The van der Waals surface area contributed by atoms with Crippen LogP contribution in [0.5, 0.6) is 5.75 Å². The van der Waals surface area contributed by atoms with Crippen LogP contribution < -0.4 is 4.74 Å². The number of fused-ring (bicyclic) bond motifs is 1. The van der Waals surface area contributed by atoms with Crippen molar-refractivity contribution in [2.24, 2.45) is 0 Å². The molecule has 0 saturated carbocycles. The van der Waals surface area contributed by atoms with E-state index < -0.39 is 0 Å². The minimum Gasteiger partial charge on any atom is -0.497 e. The van der Waals surface area contributed by atoms with Gasteiger partial charge in [-0.1, -0.05) is 91.0 Å². The molecule has 0 amide bonds. The van der Waals surface area contributed by atoms with Crippen molar-refractivity contribution in [1.82, 2.24) is 4.57 Å². The van der Waals surface area contributed by atoms with Gasteiger partial charge in [-0.15, -0.1) is 0 Å². The van der Waals surface area contributed by atoms with Crippen molar-refractivity contribution in [3.8, 4) is 39.3 Å². The summed E-state index contributed by atoms with van der Waals surface area (Å²) in [6, 6.07) is 34.7. The SMILES string of the molecule is COc1ccc(-c2cccc3c(-c4ccccc4)c(-c4ccccc4)n(C(C)=O)c23)cc1. The van der Waals surface area contributed by atoms with Crippen molar-refractivity contribution in [2.75, 3.05) is 7.11 Å². The highest BCUT2D eigenvalue weighted by Crippen LogP contribution is 2.44. The number of benzene rings is 4. The van der Waals surface area contributed by atoms with Gasteiger partial charge in [0.05, 0.1) is 18.3 Å². The van der Waals surface area contributed by atoms with Crippen molar-refractivity contribution < 1.29 is 9.53 Å². The monoisotopic (exact) mass is 417 g/mol. The molecule has 32 heavy (non-hydrogen) atoms. The molecule has 0 radical (unpaired) electrons. The fraction of sp³-hybridized carbons (Fsp3) is 0.0690. The van der Waals surface area contributed by atoms with E-state index in [9.17, 15) is 4.79 Å². The van der Waals surface area contributed by atoms with Gasteiger partial charge in [0.25, 0.3) is 0 Å². The molecule has 5 aromatic rings. The van der Waals surface area contributed by atoms with Gasteiger partial charge in [0.1, 0.15) is 5.75 Å². The van der Waals surface area contributed by atoms with Crippen LogP contribution in [0, 0.1) is 0 Å². The van der Waals surface area contributed by atoms with E-state index in [0.29, 0.717) is 0 Å². The molecule has 0 aliphatic rings. The molecule has 0 fully saturated rings. The molecule has 0 N–H and O–H groups in total. The molecule has 156 valence electrons. The molecule has 0 bridgehead atoms. The molecule has 3 heteroatoms. The quantitative estimate of drug-likeness (QED) is 0.307. The first-order valence-corrected chi connectivity index (χ1v) is 10.6. The van der Waals surface area contributed by atoms with Crippen molar-refractivity contribution in [2.45, 2.75) is 6.92 Å². The topological polar surface area (TPSA) is 31.2 Å². The van der Waals surface area contributed by atoms with Crippen LogP contribution >= 0.6 is 0 Å². The molecule has 0 atom stereocenters. The highest BCUT2D eigenvalue weighted by atomic mass is 16.5. The predicted octanol–water partition coefficient (Wildman–Crippen LogP) is 7.31. The Morgan fingerprint density at radius 1 is 0.688 bits per heavy atom. The molecule has 1 aromatic heterocycles. The van der Waals surface area contributed by atoms with E-state index in [1.54, 1.807) is 14.0 Å². The molecule has 0 aliphatic carbocycles. The summed E-state index contributed by atoms with van der Waals surface area (Å²) in [6.45, 7) is 1.63. The van der Waals surface area contributed by atoms with Gasteiger partial charge in [0.2, 0.25) is 5.91 Å². The van der Waals surface area contributed by atoms with Crippen molar-refractivity contribution >= 4 is 16.8 Å². The van der Waals surface area contributed by atoms with Gasteiger partial charge in [-0.05, 0) is 28.8 Å². The maximum Gasteiger partial charge on any atom is 0.228 e. The zero-order valence-corrected chi connectivity index (χ0v) is 18.1. The van der Waals surface area contributed by atoms with Crippen LogP contribution in [0.3, 0.4) is 0 Å².